The second-order valence-electron chi connectivity index (χ2n) is 4.99. The van der Waals surface area contributed by atoms with E-state index in [2.05, 4.69) is 22.9 Å². The van der Waals surface area contributed by atoms with Crippen LogP contribution in [0.4, 0.5) is 0 Å². The third kappa shape index (κ3) is 13.3. The molecule has 17 heavy (non-hydrogen) atoms. The van der Waals surface area contributed by atoms with Crippen molar-refractivity contribution in [1.29, 1.82) is 0 Å². The smallest absolute Gasteiger partial charge is 0.220 e. The third-order valence-corrected chi connectivity index (χ3v) is 1.95. The maximum absolute atomic E-state index is 11.4. The molecule has 0 rings (SSSR count). The van der Waals surface area contributed by atoms with Crippen molar-refractivity contribution in [2.24, 2.45) is 5.41 Å². The molecule has 0 unspecified atom stereocenters. The summed E-state index contributed by atoms with van der Waals surface area (Å²) >= 11 is 4.64. The molecule has 6 heteroatoms. The van der Waals surface area contributed by atoms with Gasteiger partial charge in [0.1, 0.15) is 0 Å². The second kappa shape index (κ2) is 8.47. The fourth-order valence-corrected chi connectivity index (χ4v) is 1.26. The summed E-state index contributed by atoms with van der Waals surface area (Å²) < 4.78 is 5.27. The molecule has 0 aromatic rings. The number of amides is 1. The molecule has 0 saturated carbocycles. The predicted octanol–water partition coefficient (Wildman–Crippen LogP) is 0.598. The number of carbonyl (C=O) groups is 1. The summed E-state index contributed by atoms with van der Waals surface area (Å²) in [4.78, 5) is 11.7. The lowest BCUT2D eigenvalue weighted by Gasteiger charge is -2.17. The zero-order chi connectivity index (χ0) is 13.3. The van der Waals surface area contributed by atoms with Crippen LogP contribution in [0.1, 0.15) is 27.2 Å². The van der Waals surface area contributed by atoms with Gasteiger partial charge in [-0.05, 0) is 5.41 Å². The average molecular weight is 256 g/mol. The summed E-state index contributed by atoms with van der Waals surface area (Å²) in [6.07, 6.45) is 0.524. The SMILES string of the molecule is [B]C(=S)NCCOCCNC(=O)CC(C)(C)C. The van der Waals surface area contributed by atoms with Gasteiger partial charge < -0.3 is 15.4 Å². The van der Waals surface area contributed by atoms with E-state index in [1.165, 1.54) is 0 Å². The molecule has 96 valence electrons. The number of hydrogen-bond acceptors (Lipinski definition) is 3. The van der Waals surface area contributed by atoms with E-state index in [1.807, 2.05) is 20.8 Å². The molecule has 1 amide bonds. The first-order valence-electron chi connectivity index (χ1n) is 5.69. The Kier molecular flexibility index (Phi) is 8.17. The normalized spacial score (nSPS) is 11.0. The summed E-state index contributed by atoms with van der Waals surface area (Å²) in [5.41, 5.74) is 0.0195. The average Bonchev–Trinajstić information content (AvgIpc) is 2.12. The zero-order valence-corrected chi connectivity index (χ0v) is 11.7. The minimum Gasteiger partial charge on any atom is -0.386 e. The van der Waals surface area contributed by atoms with Gasteiger partial charge in [0.15, 0.2) is 7.85 Å². The number of nitrogens with one attached hydrogen (secondary N) is 2. The van der Waals surface area contributed by atoms with Crippen LogP contribution in [-0.4, -0.2) is 44.9 Å². The Balaban J connectivity index is 3.34. The van der Waals surface area contributed by atoms with E-state index in [-0.39, 0.29) is 16.2 Å². The first-order valence-corrected chi connectivity index (χ1v) is 6.10. The monoisotopic (exact) mass is 256 g/mol. The fraction of sp³-hybridized carbons (Fsp3) is 0.818. The number of rotatable bonds is 7. The molecule has 0 saturated heterocycles. The Morgan fingerprint density at radius 1 is 1.24 bits per heavy atom. The topological polar surface area (TPSA) is 50.4 Å². The van der Waals surface area contributed by atoms with Crippen LogP contribution in [0.3, 0.4) is 0 Å². The molecule has 0 atom stereocenters. The van der Waals surface area contributed by atoms with E-state index in [1.54, 1.807) is 0 Å². The molecular formula is C11H21BN2O2S. The number of ether oxygens (including phenoxy) is 1. The van der Waals surface area contributed by atoms with E-state index in [9.17, 15) is 4.79 Å². The van der Waals surface area contributed by atoms with Gasteiger partial charge in [-0.15, -0.1) is 0 Å². The van der Waals surface area contributed by atoms with Crippen LogP contribution in [0.25, 0.3) is 0 Å². The zero-order valence-electron chi connectivity index (χ0n) is 10.8. The largest absolute Gasteiger partial charge is 0.386 e. The van der Waals surface area contributed by atoms with Gasteiger partial charge in [0.25, 0.3) is 0 Å². The molecule has 0 bridgehead atoms. The van der Waals surface area contributed by atoms with E-state index in [0.717, 1.165) is 0 Å². The molecule has 0 heterocycles. The summed E-state index contributed by atoms with van der Waals surface area (Å²) in [6, 6.07) is 0. The van der Waals surface area contributed by atoms with Crippen molar-refractivity contribution < 1.29 is 9.53 Å². The lowest BCUT2D eigenvalue weighted by Crippen LogP contribution is -2.31. The molecule has 0 aromatic carbocycles. The summed E-state index contributed by atoms with van der Waals surface area (Å²) in [5, 5.41) is 5.58. The quantitative estimate of drug-likeness (QED) is 0.398. The van der Waals surface area contributed by atoms with Gasteiger partial charge in [0.2, 0.25) is 5.91 Å². The van der Waals surface area contributed by atoms with Crippen LogP contribution in [0.5, 0.6) is 0 Å². The molecule has 2 N–H and O–H groups in total. The van der Waals surface area contributed by atoms with Crippen LogP contribution in [0.2, 0.25) is 0 Å². The molecule has 0 aromatic heterocycles. The molecule has 0 spiro atoms. The van der Waals surface area contributed by atoms with E-state index in [4.69, 9.17) is 12.6 Å². The van der Waals surface area contributed by atoms with Crippen LogP contribution in [0.15, 0.2) is 0 Å². The van der Waals surface area contributed by atoms with Gasteiger partial charge in [0.05, 0.1) is 13.2 Å². The fourth-order valence-electron chi connectivity index (χ4n) is 1.16. The van der Waals surface area contributed by atoms with Crippen LogP contribution >= 0.6 is 12.2 Å². The minimum atomic E-state index is 0.0195. The van der Waals surface area contributed by atoms with Gasteiger partial charge in [0, 0.05) is 24.4 Å². The summed E-state index contributed by atoms with van der Waals surface area (Å²) in [5.74, 6) is 0.0577. The lowest BCUT2D eigenvalue weighted by molar-refractivity contribution is -0.123. The number of carbonyl (C=O) groups excluding carboxylic acids is 1. The second-order valence-corrected chi connectivity index (χ2v) is 5.43. The van der Waals surface area contributed by atoms with Crippen molar-refractivity contribution in [3.05, 3.63) is 0 Å². The van der Waals surface area contributed by atoms with Crippen molar-refractivity contribution in [1.82, 2.24) is 10.6 Å². The maximum Gasteiger partial charge on any atom is 0.220 e. The Hall–Kier alpha value is -0.615. The standard InChI is InChI=1S/C11H21BN2O2S/c1-11(2,3)8-9(15)13-4-6-16-7-5-14-10(12)17/h4-8H2,1-3H3,(H,13,15)(H,14,17). The minimum absolute atomic E-state index is 0.0195. The molecule has 0 aliphatic heterocycles. The third-order valence-electron chi connectivity index (χ3n) is 1.81. The van der Waals surface area contributed by atoms with Gasteiger partial charge >= 0.3 is 0 Å². The van der Waals surface area contributed by atoms with Crippen LogP contribution in [-0.2, 0) is 9.53 Å². The van der Waals surface area contributed by atoms with Crippen molar-refractivity contribution in [2.75, 3.05) is 26.3 Å². The number of thiocarbonyl (C=S) groups is 1. The summed E-state index contributed by atoms with van der Waals surface area (Å²) in [7, 11) is 5.24. The van der Waals surface area contributed by atoms with Gasteiger partial charge in [-0.2, -0.15) is 0 Å². The molecule has 4 nitrogen and oxygen atoms in total. The van der Waals surface area contributed by atoms with E-state index in [0.29, 0.717) is 32.7 Å². The van der Waals surface area contributed by atoms with E-state index >= 15 is 0 Å². The molecule has 0 aliphatic rings. The highest BCUT2D eigenvalue weighted by molar-refractivity contribution is 7.82. The van der Waals surface area contributed by atoms with Crippen molar-refractivity contribution in [2.45, 2.75) is 27.2 Å². The Bertz CT molecular complexity index is 254. The van der Waals surface area contributed by atoms with Gasteiger partial charge in [-0.25, -0.2) is 0 Å². The van der Waals surface area contributed by atoms with Crippen molar-refractivity contribution in [3.8, 4) is 0 Å². The maximum atomic E-state index is 11.4. The molecule has 0 aliphatic carbocycles. The Labute approximate surface area is 110 Å². The predicted molar refractivity (Wildman–Crippen MR) is 74.3 cm³/mol. The first kappa shape index (κ1) is 16.4. The molecule has 2 radical (unpaired) electrons. The van der Waals surface area contributed by atoms with Crippen molar-refractivity contribution >= 4 is 30.9 Å². The lowest BCUT2D eigenvalue weighted by atomic mass is 9.92. The first-order chi connectivity index (χ1) is 7.81. The molecule has 0 fully saturated rings. The van der Waals surface area contributed by atoms with Crippen molar-refractivity contribution in [3.63, 3.8) is 0 Å². The Morgan fingerprint density at radius 2 is 1.76 bits per heavy atom. The number of hydrogen-bond donors (Lipinski definition) is 2. The highest BCUT2D eigenvalue weighted by Gasteiger charge is 2.14. The van der Waals surface area contributed by atoms with Crippen LogP contribution < -0.4 is 10.6 Å². The highest BCUT2D eigenvalue weighted by atomic mass is 32.1. The molecular weight excluding hydrogens is 235 g/mol. The van der Waals surface area contributed by atoms with Gasteiger partial charge in [-0.1, -0.05) is 33.0 Å². The highest BCUT2D eigenvalue weighted by Crippen LogP contribution is 2.17. The summed E-state index contributed by atoms with van der Waals surface area (Å²) in [6.45, 7) is 8.23. The van der Waals surface area contributed by atoms with E-state index < -0.39 is 0 Å². The Morgan fingerprint density at radius 3 is 2.24 bits per heavy atom. The van der Waals surface area contributed by atoms with Gasteiger partial charge in [-0.3, -0.25) is 4.79 Å². The van der Waals surface area contributed by atoms with Crippen LogP contribution in [0, 0.1) is 5.41 Å².